The highest BCUT2D eigenvalue weighted by atomic mass is 35.5. The predicted molar refractivity (Wildman–Crippen MR) is 76.4 cm³/mol. The van der Waals surface area contributed by atoms with Gasteiger partial charge < -0.3 is 15.0 Å². The van der Waals surface area contributed by atoms with Crippen molar-refractivity contribution < 1.29 is 19.1 Å². The number of carboxylic acids is 1. The largest absolute Gasteiger partial charge is 0.478 e. The van der Waals surface area contributed by atoms with Gasteiger partial charge in [-0.3, -0.25) is 4.79 Å². The molecule has 1 heterocycles. The van der Waals surface area contributed by atoms with Gasteiger partial charge in [-0.1, -0.05) is 11.6 Å². The number of anilines is 1. The first-order chi connectivity index (χ1) is 9.92. The molecule has 21 heavy (non-hydrogen) atoms. The Bertz CT molecular complexity index is 712. The van der Waals surface area contributed by atoms with E-state index in [4.69, 9.17) is 16.7 Å². The van der Waals surface area contributed by atoms with Crippen molar-refractivity contribution in [3.63, 3.8) is 0 Å². The fourth-order valence-electron chi connectivity index (χ4n) is 1.89. The summed E-state index contributed by atoms with van der Waals surface area (Å²) >= 11 is 5.85. The Balaban J connectivity index is 2.27. The van der Waals surface area contributed by atoms with Crippen molar-refractivity contribution >= 4 is 29.2 Å². The van der Waals surface area contributed by atoms with Crippen LogP contribution in [-0.4, -0.2) is 21.6 Å². The van der Waals surface area contributed by atoms with Crippen molar-refractivity contribution in [1.29, 1.82) is 0 Å². The van der Waals surface area contributed by atoms with Crippen molar-refractivity contribution in [1.82, 2.24) is 4.57 Å². The van der Waals surface area contributed by atoms with Crippen LogP contribution < -0.4 is 5.32 Å². The summed E-state index contributed by atoms with van der Waals surface area (Å²) in [6.45, 7) is 2.41. The number of hydrogen-bond donors (Lipinski definition) is 2. The molecule has 0 fully saturated rings. The first-order valence-electron chi connectivity index (χ1n) is 6.12. The maximum absolute atomic E-state index is 13.3. The lowest BCUT2D eigenvalue weighted by Gasteiger charge is -2.08. The summed E-state index contributed by atoms with van der Waals surface area (Å²) in [5.41, 5.74) is 0.0270. The zero-order valence-electron chi connectivity index (χ0n) is 11.1. The topological polar surface area (TPSA) is 71.3 Å². The SMILES string of the molecule is CCn1cc(Cl)cc1C(=O)Nc1ccc(F)c(C(=O)O)c1. The molecule has 2 rings (SSSR count). The number of nitrogens with one attached hydrogen (secondary N) is 1. The second kappa shape index (κ2) is 5.97. The molecule has 0 bridgehead atoms. The molecular formula is C14H12ClFN2O3. The summed E-state index contributed by atoms with van der Waals surface area (Å²) < 4.78 is 14.9. The van der Waals surface area contributed by atoms with Crippen LogP contribution >= 0.6 is 11.6 Å². The number of carbonyl (C=O) groups is 2. The van der Waals surface area contributed by atoms with E-state index < -0.39 is 23.3 Å². The fraction of sp³-hybridized carbons (Fsp3) is 0.143. The summed E-state index contributed by atoms with van der Waals surface area (Å²) in [6.07, 6.45) is 1.61. The van der Waals surface area contributed by atoms with Crippen molar-refractivity contribution in [3.8, 4) is 0 Å². The lowest BCUT2D eigenvalue weighted by atomic mass is 10.2. The number of benzene rings is 1. The minimum Gasteiger partial charge on any atom is -0.478 e. The highest BCUT2D eigenvalue weighted by Crippen LogP contribution is 2.18. The van der Waals surface area contributed by atoms with Crippen LogP contribution in [0.5, 0.6) is 0 Å². The van der Waals surface area contributed by atoms with E-state index in [1.54, 1.807) is 10.8 Å². The van der Waals surface area contributed by atoms with Gasteiger partial charge in [0, 0.05) is 18.4 Å². The Morgan fingerprint density at radius 3 is 2.71 bits per heavy atom. The van der Waals surface area contributed by atoms with Crippen LogP contribution in [0, 0.1) is 5.82 Å². The molecule has 0 unspecified atom stereocenters. The number of carbonyl (C=O) groups excluding carboxylic acids is 1. The maximum atomic E-state index is 13.3. The quantitative estimate of drug-likeness (QED) is 0.910. The van der Waals surface area contributed by atoms with Gasteiger partial charge in [0.15, 0.2) is 0 Å². The molecule has 7 heteroatoms. The Kier molecular flexibility index (Phi) is 4.28. The van der Waals surface area contributed by atoms with E-state index in [1.165, 1.54) is 12.1 Å². The van der Waals surface area contributed by atoms with Crippen molar-refractivity contribution in [2.75, 3.05) is 5.32 Å². The van der Waals surface area contributed by atoms with E-state index in [2.05, 4.69) is 5.32 Å². The van der Waals surface area contributed by atoms with E-state index in [0.717, 1.165) is 12.1 Å². The first kappa shape index (κ1) is 15.1. The van der Waals surface area contributed by atoms with Gasteiger partial charge in [-0.05, 0) is 31.2 Å². The lowest BCUT2D eigenvalue weighted by molar-refractivity contribution is 0.0691. The fourth-order valence-corrected chi connectivity index (χ4v) is 2.11. The summed E-state index contributed by atoms with van der Waals surface area (Å²) in [6, 6.07) is 4.85. The molecule has 2 aromatic rings. The Labute approximate surface area is 125 Å². The predicted octanol–water partition coefficient (Wildman–Crippen LogP) is 3.25. The molecule has 1 aromatic carbocycles. The van der Waals surface area contributed by atoms with Crippen molar-refractivity contribution in [2.24, 2.45) is 0 Å². The van der Waals surface area contributed by atoms with Crippen LogP contribution in [0.4, 0.5) is 10.1 Å². The molecule has 0 radical (unpaired) electrons. The molecule has 0 spiro atoms. The van der Waals surface area contributed by atoms with E-state index in [-0.39, 0.29) is 5.69 Å². The van der Waals surface area contributed by atoms with Gasteiger partial charge in [-0.15, -0.1) is 0 Å². The zero-order chi connectivity index (χ0) is 15.6. The summed E-state index contributed by atoms with van der Waals surface area (Å²) in [5, 5.41) is 11.8. The molecular weight excluding hydrogens is 299 g/mol. The van der Waals surface area contributed by atoms with E-state index in [9.17, 15) is 14.0 Å². The monoisotopic (exact) mass is 310 g/mol. The van der Waals surface area contributed by atoms with Crippen molar-refractivity contribution in [3.05, 3.63) is 52.6 Å². The van der Waals surface area contributed by atoms with Gasteiger partial charge in [0.2, 0.25) is 0 Å². The molecule has 0 aliphatic rings. The molecule has 1 aromatic heterocycles. The van der Waals surface area contributed by atoms with Crippen LogP contribution in [0.2, 0.25) is 5.02 Å². The van der Waals surface area contributed by atoms with Crippen molar-refractivity contribution in [2.45, 2.75) is 13.5 Å². The third kappa shape index (κ3) is 3.22. The van der Waals surface area contributed by atoms with Crippen LogP contribution in [0.15, 0.2) is 30.5 Å². The number of aromatic nitrogens is 1. The van der Waals surface area contributed by atoms with E-state index in [1.807, 2.05) is 6.92 Å². The molecule has 0 saturated heterocycles. The summed E-state index contributed by atoms with van der Waals surface area (Å²) in [5.74, 6) is -2.71. The zero-order valence-corrected chi connectivity index (χ0v) is 11.8. The van der Waals surface area contributed by atoms with Crippen LogP contribution in [0.3, 0.4) is 0 Å². The molecule has 1 amide bonds. The van der Waals surface area contributed by atoms with Gasteiger partial charge in [0.1, 0.15) is 11.5 Å². The number of aromatic carboxylic acids is 1. The number of halogens is 2. The number of aryl methyl sites for hydroxylation is 1. The lowest BCUT2D eigenvalue weighted by Crippen LogP contribution is -2.16. The normalized spacial score (nSPS) is 10.4. The average molecular weight is 311 g/mol. The Morgan fingerprint density at radius 1 is 1.38 bits per heavy atom. The van der Waals surface area contributed by atoms with Gasteiger partial charge in [-0.2, -0.15) is 0 Å². The van der Waals surface area contributed by atoms with E-state index in [0.29, 0.717) is 17.3 Å². The van der Waals surface area contributed by atoms with Gasteiger partial charge in [0.25, 0.3) is 5.91 Å². The molecule has 0 aliphatic carbocycles. The summed E-state index contributed by atoms with van der Waals surface area (Å²) in [7, 11) is 0. The highest BCUT2D eigenvalue weighted by molar-refractivity contribution is 6.31. The molecule has 5 nitrogen and oxygen atoms in total. The molecule has 2 N–H and O–H groups in total. The number of amides is 1. The van der Waals surface area contributed by atoms with Gasteiger partial charge in [-0.25, -0.2) is 9.18 Å². The Hall–Kier alpha value is -2.34. The second-order valence-electron chi connectivity index (χ2n) is 4.28. The highest BCUT2D eigenvalue weighted by Gasteiger charge is 2.15. The molecule has 110 valence electrons. The number of carboxylic acid groups (broad SMARTS) is 1. The third-order valence-electron chi connectivity index (χ3n) is 2.89. The Morgan fingerprint density at radius 2 is 2.10 bits per heavy atom. The minimum atomic E-state index is -1.40. The number of nitrogens with zero attached hydrogens (tertiary/aromatic N) is 1. The summed E-state index contributed by atoms with van der Waals surface area (Å²) in [4.78, 5) is 23.0. The van der Waals surface area contributed by atoms with Gasteiger partial charge >= 0.3 is 5.97 Å². The molecule has 0 atom stereocenters. The van der Waals surface area contributed by atoms with Crippen LogP contribution in [-0.2, 0) is 6.54 Å². The third-order valence-corrected chi connectivity index (χ3v) is 3.10. The van der Waals surface area contributed by atoms with E-state index >= 15 is 0 Å². The first-order valence-corrected chi connectivity index (χ1v) is 6.50. The molecule has 0 aliphatic heterocycles. The smallest absolute Gasteiger partial charge is 0.338 e. The standard InChI is InChI=1S/C14H12ClFN2O3/c1-2-18-7-8(15)5-12(18)13(19)17-9-3-4-11(16)10(6-9)14(20)21/h3-7H,2H2,1H3,(H,17,19)(H,20,21). The number of hydrogen-bond acceptors (Lipinski definition) is 2. The molecule has 0 saturated carbocycles. The maximum Gasteiger partial charge on any atom is 0.338 e. The second-order valence-corrected chi connectivity index (χ2v) is 4.72. The van der Waals surface area contributed by atoms with Crippen LogP contribution in [0.1, 0.15) is 27.8 Å². The number of rotatable bonds is 4. The average Bonchev–Trinajstić information content (AvgIpc) is 2.82. The minimum absolute atomic E-state index is 0.193. The van der Waals surface area contributed by atoms with Gasteiger partial charge in [0.05, 0.1) is 10.6 Å². The van der Waals surface area contributed by atoms with Crippen LogP contribution in [0.25, 0.3) is 0 Å².